The number of amides is 1. The molecule has 29 heavy (non-hydrogen) atoms. The number of nitrogens with zero attached hydrogens (tertiary/aromatic N) is 2. The number of para-hydroxylation sites is 2. The third-order valence-corrected chi connectivity index (χ3v) is 5.07. The maximum atomic E-state index is 12.9. The van der Waals surface area contributed by atoms with Crippen LogP contribution in [0.1, 0.15) is 30.8 Å². The molecule has 1 heterocycles. The van der Waals surface area contributed by atoms with Crippen LogP contribution in [0.3, 0.4) is 0 Å². The van der Waals surface area contributed by atoms with Gasteiger partial charge in [0.05, 0.1) is 35.9 Å². The highest BCUT2D eigenvalue weighted by Gasteiger charge is 2.20. The van der Waals surface area contributed by atoms with Gasteiger partial charge in [0.25, 0.3) is 0 Å². The van der Waals surface area contributed by atoms with Crippen molar-refractivity contribution >= 4 is 34.7 Å². The molecule has 3 aromatic rings. The minimum atomic E-state index is -0.443. The van der Waals surface area contributed by atoms with Crippen LogP contribution in [-0.4, -0.2) is 34.3 Å². The van der Waals surface area contributed by atoms with E-state index in [9.17, 15) is 9.59 Å². The number of imidazole rings is 1. The normalized spacial score (nSPS) is 11.9. The summed E-state index contributed by atoms with van der Waals surface area (Å²) in [5.41, 5.74) is 2.66. The van der Waals surface area contributed by atoms with Crippen LogP contribution in [0.2, 0.25) is 0 Å². The number of nitrogens with one attached hydrogen (secondary N) is 1. The zero-order chi connectivity index (χ0) is 20.6. The Morgan fingerprint density at radius 1 is 1.14 bits per heavy atom. The summed E-state index contributed by atoms with van der Waals surface area (Å²) in [5.74, 6) is 1.06. The largest absolute Gasteiger partial charge is 0.466 e. The molecule has 0 spiro atoms. The monoisotopic (exact) mass is 411 g/mol. The molecule has 2 aromatic carbocycles. The highest BCUT2D eigenvalue weighted by molar-refractivity contribution is 7.97. The van der Waals surface area contributed by atoms with Crippen LogP contribution >= 0.6 is 11.8 Å². The predicted octanol–water partition coefficient (Wildman–Crippen LogP) is 3.71. The lowest BCUT2D eigenvalue weighted by molar-refractivity contribution is -0.143. The first-order valence-electron chi connectivity index (χ1n) is 9.55. The summed E-state index contributed by atoms with van der Waals surface area (Å²) in [4.78, 5) is 29.6. The Bertz CT molecular complexity index is 972. The number of carbonyl (C=O) groups is 2. The fourth-order valence-electron chi connectivity index (χ4n) is 3.25. The Morgan fingerprint density at radius 2 is 1.86 bits per heavy atom. The first kappa shape index (κ1) is 20.9. The highest BCUT2D eigenvalue weighted by Crippen LogP contribution is 2.20. The number of hydrogen-bond acceptors (Lipinski definition) is 5. The van der Waals surface area contributed by atoms with Crippen molar-refractivity contribution in [2.75, 3.05) is 12.9 Å². The summed E-state index contributed by atoms with van der Waals surface area (Å²) in [6.07, 6.45) is 2.10. The van der Waals surface area contributed by atoms with Crippen molar-refractivity contribution < 1.29 is 14.3 Å². The lowest BCUT2D eigenvalue weighted by Crippen LogP contribution is -2.33. The summed E-state index contributed by atoms with van der Waals surface area (Å²) in [6.45, 7) is 2.22. The number of benzene rings is 2. The number of ether oxygens (including phenoxy) is 1. The van der Waals surface area contributed by atoms with E-state index in [0.29, 0.717) is 12.4 Å². The minimum Gasteiger partial charge on any atom is -0.466 e. The Labute approximate surface area is 174 Å². The molecular weight excluding hydrogens is 386 g/mol. The topological polar surface area (TPSA) is 73.2 Å². The van der Waals surface area contributed by atoms with Gasteiger partial charge in [-0.05, 0) is 30.9 Å². The fourth-order valence-corrected chi connectivity index (χ4v) is 3.73. The third-order valence-electron chi connectivity index (χ3n) is 4.52. The molecule has 1 N–H and O–H groups in total. The van der Waals surface area contributed by atoms with Crippen molar-refractivity contribution in [2.24, 2.45) is 0 Å². The standard InChI is InChI=1S/C22H25N3O3S/c1-3-28-22(27)13-18(16-9-5-4-6-10-16)24-21(26)14-25-19-12-8-7-11-17(19)23-20(25)15-29-2/h4-12,18H,3,13-15H2,1-2H3,(H,24,26). The van der Waals surface area contributed by atoms with Crippen LogP contribution in [0.25, 0.3) is 11.0 Å². The van der Waals surface area contributed by atoms with Crippen molar-refractivity contribution in [1.82, 2.24) is 14.9 Å². The summed E-state index contributed by atoms with van der Waals surface area (Å²) in [5, 5.41) is 3.00. The van der Waals surface area contributed by atoms with Gasteiger partial charge in [-0.3, -0.25) is 9.59 Å². The van der Waals surface area contributed by atoms with Crippen molar-refractivity contribution in [3.8, 4) is 0 Å². The van der Waals surface area contributed by atoms with Crippen molar-refractivity contribution in [3.05, 3.63) is 66.0 Å². The quantitative estimate of drug-likeness (QED) is 0.544. The average Bonchev–Trinajstić information content (AvgIpc) is 3.06. The molecule has 0 aliphatic carbocycles. The lowest BCUT2D eigenvalue weighted by atomic mass is 10.0. The van der Waals surface area contributed by atoms with E-state index in [2.05, 4.69) is 10.3 Å². The number of esters is 1. The maximum absolute atomic E-state index is 12.9. The Morgan fingerprint density at radius 3 is 2.59 bits per heavy atom. The maximum Gasteiger partial charge on any atom is 0.308 e. The summed E-state index contributed by atoms with van der Waals surface area (Å²) < 4.78 is 7.02. The fraction of sp³-hybridized carbons (Fsp3) is 0.318. The van der Waals surface area contributed by atoms with Crippen LogP contribution in [0.5, 0.6) is 0 Å². The number of thioether (sulfide) groups is 1. The van der Waals surface area contributed by atoms with Gasteiger partial charge in [0.15, 0.2) is 0 Å². The molecule has 0 saturated heterocycles. The van der Waals surface area contributed by atoms with Gasteiger partial charge in [0.1, 0.15) is 12.4 Å². The second-order valence-electron chi connectivity index (χ2n) is 6.58. The molecule has 1 unspecified atom stereocenters. The molecule has 0 aliphatic rings. The molecular formula is C22H25N3O3S. The van der Waals surface area contributed by atoms with E-state index in [-0.39, 0.29) is 24.8 Å². The molecule has 3 rings (SSSR count). The van der Waals surface area contributed by atoms with Crippen LogP contribution in [0.15, 0.2) is 54.6 Å². The average molecular weight is 412 g/mol. The molecule has 1 amide bonds. The van der Waals surface area contributed by atoms with Crippen LogP contribution < -0.4 is 5.32 Å². The van der Waals surface area contributed by atoms with E-state index in [1.165, 1.54) is 0 Å². The molecule has 0 radical (unpaired) electrons. The molecule has 1 atom stereocenters. The smallest absolute Gasteiger partial charge is 0.308 e. The van der Waals surface area contributed by atoms with Crippen LogP contribution in [0, 0.1) is 0 Å². The Balaban J connectivity index is 1.81. The van der Waals surface area contributed by atoms with Crippen molar-refractivity contribution in [3.63, 3.8) is 0 Å². The molecule has 0 fully saturated rings. The highest BCUT2D eigenvalue weighted by atomic mass is 32.2. The molecule has 6 nitrogen and oxygen atoms in total. The second-order valence-corrected chi connectivity index (χ2v) is 7.44. The van der Waals surface area contributed by atoms with Gasteiger partial charge >= 0.3 is 5.97 Å². The minimum absolute atomic E-state index is 0.0892. The number of carbonyl (C=O) groups excluding carboxylic acids is 2. The third kappa shape index (κ3) is 5.38. The van der Waals surface area contributed by atoms with Gasteiger partial charge in [-0.25, -0.2) is 4.98 Å². The summed E-state index contributed by atoms with van der Waals surface area (Å²) in [6, 6.07) is 16.8. The number of hydrogen-bond donors (Lipinski definition) is 1. The Hall–Kier alpha value is -2.80. The van der Waals surface area contributed by atoms with Crippen molar-refractivity contribution in [2.45, 2.75) is 31.7 Å². The van der Waals surface area contributed by atoms with Gasteiger partial charge in [0.2, 0.25) is 5.91 Å². The van der Waals surface area contributed by atoms with E-state index in [4.69, 9.17) is 4.74 Å². The Kier molecular flexibility index (Phi) is 7.30. The number of fused-ring (bicyclic) bond motifs is 1. The van der Waals surface area contributed by atoms with Gasteiger partial charge in [0, 0.05) is 0 Å². The van der Waals surface area contributed by atoms with E-state index in [1.807, 2.05) is 65.4 Å². The van der Waals surface area contributed by atoms with E-state index < -0.39 is 6.04 Å². The van der Waals surface area contributed by atoms with Gasteiger partial charge < -0.3 is 14.6 Å². The van der Waals surface area contributed by atoms with Crippen LogP contribution in [-0.2, 0) is 26.6 Å². The zero-order valence-electron chi connectivity index (χ0n) is 16.6. The zero-order valence-corrected chi connectivity index (χ0v) is 17.4. The first-order valence-corrected chi connectivity index (χ1v) is 10.9. The first-order chi connectivity index (χ1) is 14.1. The van der Waals surface area contributed by atoms with E-state index in [0.717, 1.165) is 22.4 Å². The van der Waals surface area contributed by atoms with Gasteiger partial charge in [-0.15, -0.1) is 0 Å². The molecule has 7 heteroatoms. The molecule has 0 bridgehead atoms. The van der Waals surface area contributed by atoms with E-state index in [1.54, 1.807) is 18.7 Å². The summed E-state index contributed by atoms with van der Waals surface area (Å²) >= 11 is 1.66. The van der Waals surface area contributed by atoms with Gasteiger partial charge in [-0.2, -0.15) is 11.8 Å². The molecule has 0 saturated carbocycles. The predicted molar refractivity (Wildman–Crippen MR) is 116 cm³/mol. The molecule has 152 valence electrons. The lowest BCUT2D eigenvalue weighted by Gasteiger charge is -2.19. The SMILES string of the molecule is CCOC(=O)CC(NC(=O)Cn1c(CSC)nc2ccccc21)c1ccccc1. The molecule has 0 aliphatic heterocycles. The van der Waals surface area contributed by atoms with Crippen LogP contribution in [0.4, 0.5) is 0 Å². The van der Waals surface area contributed by atoms with E-state index >= 15 is 0 Å². The molecule has 1 aromatic heterocycles. The second kappa shape index (κ2) is 10.1. The number of aromatic nitrogens is 2. The van der Waals surface area contributed by atoms with Gasteiger partial charge in [-0.1, -0.05) is 42.5 Å². The number of rotatable bonds is 9. The summed E-state index contributed by atoms with van der Waals surface area (Å²) in [7, 11) is 0. The van der Waals surface area contributed by atoms with Crippen molar-refractivity contribution in [1.29, 1.82) is 0 Å².